The highest BCUT2D eigenvalue weighted by Crippen LogP contribution is 2.27. The van der Waals surface area contributed by atoms with Gasteiger partial charge in [-0.05, 0) is 53.2 Å². The molecule has 64 valence electrons. The van der Waals surface area contributed by atoms with Gasteiger partial charge in [0.15, 0.2) is 0 Å². The lowest BCUT2D eigenvalue weighted by molar-refractivity contribution is 0.906. The quantitative estimate of drug-likeness (QED) is 0.723. The number of aromatic amines is 1. The molecule has 0 saturated carbocycles. The smallest absolute Gasteiger partial charge is 0.262 e. The van der Waals surface area contributed by atoms with Crippen molar-refractivity contribution in [1.29, 1.82) is 0 Å². The topological polar surface area (TPSA) is 32.9 Å². The Morgan fingerprint density at radius 1 is 1.33 bits per heavy atom. The van der Waals surface area contributed by atoms with Crippen LogP contribution in [0.3, 0.4) is 0 Å². The average Bonchev–Trinajstić information content (AvgIpc) is 2.48. The zero-order valence-electron chi connectivity index (χ0n) is 6.91. The maximum atomic E-state index is 11.3. The van der Waals surface area contributed by atoms with Crippen LogP contribution in [0.25, 0.3) is 0 Å². The Balaban J connectivity index is 2.78. The molecule has 0 aromatic carbocycles. The van der Waals surface area contributed by atoms with E-state index in [9.17, 15) is 4.79 Å². The van der Waals surface area contributed by atoms with Gasteiger partial charge >= 0.3 is 0 Å². The number of aryl methyl sites for hydroxylation is 1. The van der Waals surface area contributed by atoms with Gasteiger partial charge in [0.25, 0.3) is 5.56 Å². The molecule has 0 bridgehead atoms. The van der Waals surface area contributed by atoms with Gasteiger partial charge in [-0.1, -0.05) is 0 Å². The minimum atomic E-state index is 0.00755. The van der Waals surface area contributed by atoms with E-state index in [0.717, 1.165) is 23.0 Å². The van der Waals surface area contributed by atoms with Crippen molar-refractivity contribution in [2.24, 2.45) is 0 Å². The summed E-state index contributed by atoms with van der Waals surface area (Å²) in [4.78, 5) is 14.1. The predicted octanol–water partition coefficient (Wildman–Crippen LogP) is 1.93. The molecule has 0 spiro atoms. The standard InChI is InChI=1S/C9H10BrNO/c1-5-6-3-2-4-7(6)8(10)9(12)11-5/h2-4H2,1H3,(H,11,12). The van der Waals surface area contributed by atoms with Crippen molar-refractivity contribution < 1.29 is 0 Å². The Bertz CT molecular complexity index is 381. The van der Waals surface area contributed by atoms with Gasteiger partial charge in [-0.15, -0.1) is 0 Å². The van der Waals surface area contributed by atoms with Crippen LogP contribution in [0.2, 0.25) is 0 Å². The highest BCUT2D eigenvalue weighted by molar-refractivity contribution is 9.10. The average molecular weight is 228 g/mol. The molecule has 1 aliphatic carbocycles. The maximum Gasteiger partial charge on any atom is 0.262 e. The number of hydrogen-bond donors (Lipinski definition) is 1. The first-order valence-electron chi connectivity index (χ1n) is 4.10. The summed E-state index contributed by atoms with van der Waals surface area (Å²) in [5.74, 6) is 0. The van der Waals surface area contributed by atoms with Crippen molar-refractivity contribution in [3.63, 3.8) is 0 Å². The van der Waals surface area contributed by atoms with Crippen LogP contribution in [0.4, 0.5) is 0 Å². The fourth-order valence-electron chi connectivity index (χ4n) is 1.84. The highest BCUT2D eigenvalue weighted by atomic mass is 79.9. The molecule has 2 rings (SSSR count). The Labute approximate surface area is 79.1 Å². The van der Waals surface area contributed by atoms with Crippen LogP contribution in [0.5, 0.6) is 0 Å². The minimum absolute atomic E-state index is 0.00755. The number of pyridine rings is 1. The van der Waals surface area contributed by atoms with Crippen molar-refractivity contribution in [3.05, 3.63) is 31.6 Å². The lowest BCUT2D eigenvalue weighted by Crippen LogP contribution is -2.12. The van der Waals surface area contributed by atoms with Crippen LogP contribution in [0.15, 0.2) is 9.27 Å². The van der Waals surface area contributed by atoms with Gasteiger partial charge in [0, 0.05) is 5.69 Å². The Morgan fingerprint density at radius 3 is 2.75 bits per heavy atom. The molecular weight excluding hydrogens is 218 g/mol. The van der Waals surface area contributed by atoms with E-state index in [4.69, 9.17) is 0 Å². The molecule has 1 aromatic rings. The zero-order chi connectivity index (χ0) is 8.72. The van der Waals surface area contributed by atoms with Crippen LogP contribution in [0.1, 0.15) is 23.2 Å². The summed E-state index contributed by atoms with van der Waals surface area (Å²) >= 11 is 3.32. The van der Waals surface area contributed by atoms with Crippen LogP contribution in [-0.2, 0) is 12.8 Å². The molecule has 12 heavy (non-hydrogen) atoms. The van der Waals surface area contributed by atoms with Crippen LogP contribution < -0.4 is 5.56 Å². The number of H-pyrrole nitrogens is 1. The van der Waals surface area contributed by atoms with E-state index in [-0.39, 0.29) is 5.56 Å². The summed E-state index contributed by atoms with van der Waals surface area (Å²) in [5, 5.41) is 0. The van der Waals surface area contributed by atoms with Gasteiger partial charge in [0.2, 0.25) is 0 Å². The number of hydrogen-bond acceptors (Lipinski definition) is 1. The van der Waals surface area contributed by atoms with E-state index in [0.29, 0.717) is 0 Å². The second-order valence-corrected chi connectivity index (χ2v) is 4.00. The lowest BCUT2D eigenvalue weighted by Gasteiger charge is -2.04. The molecule has 1 aromatic heterocycles. The van der Waals surface area contributed by atoms with Gasteiger partial charge in [-0.25, -0.2) is 0 Å². The van der Waals surface area contributed by atoms with E-state index in [1.807, 2.05) is 6.92 Å². The fraction of sp³-hybridized carbons (Fsp3) is 0.444. The molecule has 0 fully saturated rings. The molecule has 3 heteroatoms. The minimum Gasteiger partial charge on any atom is -0.325 e. The summed E-state index contributed by atoms with van der Waals surface area (Å²) in [6.45, 7) is 1.97. The monoisotopic (exact) mass is 227 g/mol. The molecule has 0 unspecified atom stereocenters. The van der Waals surface area contributed by atoms with Crippen molar-refractivity contribution in [2.45, 2.75) is 26.2 Å². The molecule has 0 aliphatic heterocycles. The molecule has 0 saturated heterocycles. The third-order valence-corrected chi connectivity index (χ3v) is 3.27. The lowest BCUT2D eigenvalue weighted by atomic mass is 10.1. The summed E-state index contributed by atoms with van der Waals surface area (Å²) in [7, 11) is 0. The first-order chi connectivity index (χ1) is 5.70. The van der Waals surface area contributed by atoms with Gasteiger partial charge in [0.1, 0.15) is 0 Å². The van der Waals surface area contributed by atoms with Gasteiger partial charge < -0.3 is 4.98 Å². The third kappa shape index (κ3) is 1.04. The summed E-state index contributed by atoms with van der Waals surface area (Å²) < 4.78 is 0.737. The summed E-state index contributed by atoms with van der Waals surface area (Å²) in [6.07, 6.45) is 3.32. The van der Waals surface area contributed by atoms with E-state index < -0.39 is 0 Å². The molecule has 0 radical (unpaired) electrons. The zero-order valence-corrected chi connectivity index (χ0v) is 8.49. The first-order valence-corrected chi connectivity index (χ1v) is 4.89. The number of nitrogens with one attached hydrogen (secondary N) is 1. The molecule has 0 amide bonds. The number of aromatic nitrogens is 1. The molecule has 1 N–H and O–H groups in total. The van der Waals surface area contributed by atoms with Crippen molar-refractivity contribution in [2.75, 3.05) is 0 Å². The van der Waals surface area contributed by atoms with Crippen molar-refractivity contribution in [1.82, 2.24) is 4.98 Å². The second kappa shape index (κ2) is 2.73. The summed E-state index contributed by atoms with van der Waals surface area (Å²) in [5.41, 5.74) is 3.60. The van der Waals surface area contributed by atoms with E-state index >= 15 is 0 Å². The number of rotatable bonds is 0. The molecule has 1 heterocycles. The number of halogens is 1. The SMILES string of the molecule is Cc1[nH]c(=O)c(Br)c2c1CCC2. The molecule has 2 nitrogen and oxygen atoms in total. The van der Waals surface area contributed by atoms with Gasteiger partial charge in [0.05, 0.1) is 4.47 Å². The van der Waals surface area contributed by atoms with Crippen LogP contribution in [0, 0.1) is 6.92 Å². The Kier molecular flexibility index (Phi) is 1.83. The highest BCUT2D eigenvalue weighted by Gasteiger charge is 2.18. The molecule has 0 atom stereocenters. The van der Waals surface area contributed by atoms with Crippen molar-refractivity contribution in [3.8, 4) is 0 Å². The maximum absolute atomic E-state index is 11.3. The van der Waals surface area contributed by atoms with Gasteiger partial charge in [-0.2, -0.15) is 0 Å². The van der Waals surface area contributed by atoms with E-state index in [2.05, 4.69) is 20.9 Å². The van der Waals surface area contributed by atoms with Crippen molar-refractivity contribution >= 4 is 15.9 Å². The fourth-order valence-corrected chi connectivity index (χ4v) is 2.37. The first kappa shape index (κ1) is 8.05. The second-order valence-electron chi connectivity index (χ2n) is 3.20. The Hall–Kier alpha value is -0.570. The normalized spacial score (nSPS) is 14.8. The summed E-state index contributed by atoms with van der Waals surface area (Å²) in [6, 6.07) is 0. The third-order valence-electron chi connectivity index (χ3n) is 2.44. The van der Waals surface area contributed by atoms with Crippen LogP contribution >= 0.6 is 15.9 Å². The van der Waals surface area contributed by atoms with Gasteiger partial charge in [-0.3, -0.25) is 4.79 Å². The van der Waals surface area contributed by atoms with E-state index in [1.54, 1.807) is 0 Å². The largest absolute Gasteiger partial charge is 0.325 e. The Morgan fingerprint density at radius 2 is 2.00 bits per heavy atom. The van der Waals surface area contributed by atoms with E-state index in [1.165, 1.54) is 17.5 Å². The number of fused-ring (bicyclic) bond motifs is 1. The van der Waals surface area contributed by atoms with Crippen LogP contribution in [-0.4, -0.2) is 4.98 Å². The molecular formula is C9H10BrNO. The predicted molar refractivity (Wildman–Crippen MR) is 51.5 cm³/mol. The molecule has 1 aliphatic rings.